The third-order valence-corrected chi connectivity index (χ3v) is 2.92. The van der Waals surface area contributed by atoms with Crippen molar-refractivity contribution in [3.63, 3.8) is 0 Å². The van der Waals surface area contributed by atoms with Crippen LogP contribution in [0.1, 0.15) is 25.6 Å². The van der Waals surface area contributed by atoms with E-state index < -0.39 is 11.2 Å². The number of imidazole rings is 1. The Morgan fingerprint density at radius 3 is 2.53 bits per heavy atom. The van der Waals surface area contributed by atoms with Gasteiger partial charge in [-0.2, -0.15) is 0 Å². The highest BCUT2D eigenvalue weighted by Crippen LogP contribution is 2.08. The van der Waals surface area contributed by atoms with Crippen LogP contribution in [0.5, 0.6) is 0 Å². The molecule has 0 spiro atoms. The third kappa shape index (κ3) is 2.00. The molecule has 0 radical (unpaired) electrons. The fraction of sp³-hybridized carbons (Fsp3) is 0.500. The maximum Gasteiger partial charge on any atom is 0.332 e. The highest BCUT2D eigenvalue weighted by atomic mass is 16.2. The molecule has 7 heteroatoms. The molecule has 2 aromatic heterocycles. The number of rotatable bonds is 2. The van der Waals surface area contributed by atoms with Crippen molar-refractivity contribution in [1.29, 1.82) is 0 Å². The van der Waals surface area contributed by atoms with E-state index >= 15 is 0 Å². The maximum absolute atomic E-state index is 12.1. The van der Waals surface area contributed by atoms with E-state index in [2.05, 4.69) is 4.98 Å². The molecule has 0 aliphatic rings. The molecule has 2 rings (SSSR count). The van der Waals surface area contributed by atoms with Crippen molar-refractivity contribution < 1.29 is 4.79 Å². The first kappa shape index (κ1) is 13.3. The lowest BCUT2D eigenvalue weighted by atomic mass is 10.2. The molecule has 0 saturated carbocycles. The molecule has 7 nitrogen and oxygen atoms in total. The smallest absolute Gasteiger partial charge is 0.276 e. The Morgan fingerprint density at radius 1 is 1.37 bits per heavy atom. The quantitative estimate of drug-likeness (QED) is 0.777. The van der Waals surface area contributed by atoms with E-state index in [-0.39, 0.29) is 23.0 Å². The van der Waals surface area contributed by atoms with Crippen LogP contribution in [0.3, 0.4) is 0 Å². The van der Waals surface area contributed by atoms with Crippen molar-refractivity contribution >= 4 is 17.1 Å². The Bertz CT molecular complexity index is 764. The summed E-state index contributed by atoms with van der Waals surface area (Å²) in [5.74, 6) is -0.0878. The minimum Gasteiger partial charge on any atom is -0.276 e. The topological polar surface area (TPSA) is 78.9 Å². The molecule has 0 fully saturated rings. The monoisotopic (exact) mass is 264 g/mol. The summed E-state index contributed by atoms with van der Waals surface area (Å²) in [7, 11) is 1.40. The first-order valence-electron chi connectivity index (χ1n) is 6.02. The average Bonchev–Trinajstić information content (AvgIpc) is 2.76. The Morgan fingerprint density at radius 2 is 2.00 bits per heavy atom. The van der Waals surface area contributed by atoms with E-state index in [4.69, 9.17) is 0 Å². The normalized spacial score (nSPS) is 11.4. The molecule has 19 heavy (non-hydrogen) atoms. The van der Waals surface area contributed by atoms with E-state index in [9.17, 15) is 14.4 Å². The van der Waals surface area contributed by atoms with Crippen LogP contribution >= 0.6 is 0 Å². The van der Waals surface area contributed by atoms with Crippen LogP contribution in [-0.4, -0.2) is 24.6 Å². The van der Waals surface area contributed by atoms with Gasteiger partial charge in [-0.1, -0.05) is 13.8 Å². The van der Waals surface area contributed by atoms with E-state index in [1.807, 2.05) is 13.8 Å². The Balaban J connectivity index is 2.94. The van der Waals surface area contributed by atoms with Gasteiger partial charge in [0, 0.05) is 20.5 Å². The summed E-state index contributed by atoms with van der Waals surface area (Å²) in [4.78, 5) is 39.8. The third-order valence-electron chi connectivity index (χ3n) is 2.92. The molecule has 102 valence electrons. The van der Waals surface area contributed by atoms with Crippen LogP contribution in [0, 0.1) is 5.92 Å². The molecule has 0 aliphatic carbocycles. The zero-order valence-electron chi connectivity index (χ0n) is 11.4. The number of carbonyl (C=O) groups excluding carboxylic acids is 1. The standard InChI is InChI=1S/C12H16N4O3/c1-7(2)5-15-10-9(11(18)14(4)12(15)19)16(6-13-10)8(3)17/h6-7H,5H2,1-4H3. The van der Waals surface area contributed by atoms with Crippen molar-refractivity contribution in [3.8, 4) is 0 Å². The number of aromatic nitrogens is 4. The van der Waals surface area contributed by atoms with Crippen LogP contribution in [0.25, 0.3) is 11.2 Å². The minimum atomic E-state index is -0.507. The van der Waals surface area contributed by atoms with Gasteiger partial charge in [0.2, 0.25) is 5.91 Å². The number of fused-ring (bicyclic) bond motifs is 1. The summed E-state index contributed by atoms with van der Waals surface area (Å²) in [6, 6.07) is 0. The van der Waals surface area contributed by atoms with Crippen LogP contribution in [0.15, 0.2) is 15.9 Å². The van der Waals surface area contributed by atoms with E-state index in [1.54, 1.807) is 0 Å². The molecule has 2 aromatic rings. The van der Waals surface area contributed by atoms with E-state index in [1.165, 1.54) is 29.4 Å². The van der Waals surface area contributed by atoms with E-state index in [0.717, 1.165) is 4.57 Å². The van der Waals surface area contributed by atoms with Crippen LogP contribution in [0.4, 0.5) is 0 Å². The Labute approximate surface area is 109 Å². The highest BCUT2D eigenvalue weighted by molar-refractivity contribution is 5.86. The predicted octanol–water partition coefficient (Wildman–Crippen LogP) is 0.213. The molecule has 0 aromatic carbocycles. The van der Waals surface area contributed by atoms with Gasteiger partial charge in [0.25, 0.3) is 5.56 Å². The lowest BCUT2D eigenvalue weighted by Crippen LogP contribution is -2.39. The number of hydrogen-bond donors (Lipinski definition) is 0. The molecule has 0 amide bonds. The highest BCUT2D eigenvalue weighted by Gasteiger charge is 2.18. The van der Waals surface area contributed by atoms with Gasteiger partial charge in [0.1, 0.15) is 6.33 Å². The zero-order chi connectivity index (χ0) is 14.3. The maximum atomic E-state index is 12.1. The molecule has 0 N–H and O–H groups in total. The molecule has 0 aliphatic heterocycles. The fourth-order valence-corrected chi connectivity index (χ4v) is 2.02. The van der Waals surface area contributed by atoms with Crippen molar-refractivity contribution in [1.82, 2.24) is 18.7 Å². The van der Waals surface area contributed by atoms with Crippen molar-refractivity contribution in [2.24, 2.45) is 13.0 Å². The molecular formula is C12H16N4O3. The van der Waals surface area contributed by atoms with Crippen molar-refractivity contribution in [2.75, 3.05) is 0 Å². The number of hydrogen-bond acceptors (Lipinski definition) is 4. The zero-order valence-corrected chi connectivity index (χ0v) is 11.4. The van der Waals surface area contributed by atoms with Gasteiger partial charge in [0.15, 0.2) is 11.2 Å². The summed E-state index contributed by atoms with van der Waals surface area (Å²) >= 11 is 0. The minimum absolute atomic E-state index is 0.148. The molecule has 2 heterocycles. The molecule has 0 unspecified atom stereocenters. The second-order valence-corrected chi connectivity index (χ2v) is 4.96. The molecule has 0 saturated heterocycles. The second kappa shape index (κ2) is 4.49. The van der Waals surface area contributed by atoms with Gasteiger partial charge in [-0.15, -0.1) is 0 Å². The summed E-state index contributed by atoms with van der Waals surface area (Å²) in [5.41, 5.74) is -0.514. The van der Waals surface area contributed by atoms with Crippen LogP contribution < -0.4 is 11.2 Å². The fourth-order valence-electron chi connectivity index (χ4n) is 2.02. The summed E-state index contributed by atoms with van der Waals surface area (Å²) in [6.07, 6.45) is 1.28. The first-order chi connectivity index (χ1) is 8.84. The van der Waals surface area contributed by atoms with Crippen molar-refractivity contribution in [2.45, 2.75) is 27.3 Å². The van der Waals surface area contributed by atoms with Gasteiger partial charge >= 0.3 is 5.69 Å². The van der Waals surface area contributed by atoms with Crippen molar-refractivity contribution in [3.05, 3.63) is 27.2 Å². The van der Waals surface area contributed by atoms with Gasteiger partial charge in [-0.3, -0.25) is 23.3 Å². The SMILES string of the molecule is CC(=O)n1cnc2c1c(=O)n(C)c(=O)n2CC(C)C. The number of carbonyl (C=O) groups is 1. The van der Waals surface area contributed by atoms with Crippen LogP contribution in [-0.2, 0) is 13.6 Å². The Hall–Kier alpha value is -2.18. The average molecular weight is 264 g/mol. The van der Waals surface area contributed by atoms with Gasteiger partial charge in [-0.25, -0.2) is 9.78 Å². The second-order valence-electron chi connectivity index (χ2n) is 4.96. The predicted molar refractivity (Wildman–Crippen MR) is 70.4 cm³/mol. The van der Waals surface area contributed by atoms with E-state index in [0.29, 0.717) is 6.54 Å². The lowest BCUT2D eigenvalue weighted by molar-refractivity contribution is 0.0940. The van der Waals surface area contributed by atoms with Crippen LogP contribution in [0.2, 0.25) is 0 Å². The van der Waals surface area contributed by atoms with Gasteiger partial charge in [-0.05, 0) is 5.92 Å². The molecular weight excluding hydrogens is 248 g/mol. The Kier molecular flexibility index (Phi) is 3.13. The summed E-state index contributed by atoms with van der Waals surface area (Å²) in [6.45, 7) is 5.72. The largest absolute Gasteiger partial charge is 0.332 e. The molecule has 0 atom stereocenters. The summed E-state index contributed by atoms with van der Waals surface area (Å²) < 4.78 is 3.61. The lowest BCUT2D eigenvalue weighted by Gasteiger charge is -2.11. The van der Waals surface area contributed by atoms with Gasteiger partial charge in [0.05, 0.1) is 0 Å². The molecule has 0 bridgehead atoms. The first-order valence-corrected chi connectivity index (χ1v) is 6.02. The number of nitrogens with zero attached hydrogens (tertiary/aromatic N) is 4. The summed E-state index contributed by atoms with van der Waals surface area (Å²) in [5, 5.41) is 0. The van der Waals surface area contributed by atoms with Gasteiger partial charge < -0.3 is 0 Å².